The van der Waals surface area contributed by atoms with Crippen molar-refractivity contribution in [3.05, 3.63) is 12.3 Å². The Hall–Kier alpha value is 0.350. The molecule has 0 spiro atoms. The van der Waals surface area contributed by atoms with Crippen molar-refractivity contribution >= 4 is 12.6 Å². The average Bonchev–Trinajstić information content (AvgIpc) is 2.57. The number of hydrogen-bond acceptors (Lipinski definition) is 1. The third-order valence-electron chi connectivity index (χ3n) is 2.54. The average molecular weight is 184 g/mol. The summed E-state index contributed by atoms with van der Waals surface area (Å²) in [5.74, 6) is 2.78. The normalized spacial score (nSPS) is 18.8. The SMILES string of the molecule is SCCCCCC[C]1[CH]CCC1. The van der Waals surface area contributed by atoms with E-state index in [2.05, 4.69) is 19.0 Å². The van der Waals surface area contributed by atoms with Crippen LogP contribution >= 0.6 is 12.6 Å². The van der Waals surface area contributed by atoms with Gasteiger partial charge in [0, 0.05) is 0 Å². The predicted molar refractivity (Wildman–Crippen MR) is 58.3 cm³/mol. The van der Waals surface area contributed by atoms with E-state index in [-0.39, 0.29) is 0 Å². The van der Waals surface area contributed by atoms with Crippen molar-refractivity contribution in [2.45, 2.75) is 51.4 Å². The first-order chi connectivity index (χ1) is 5.93. The minimum atomic E-state index is 1.06. The maximum atomic E-state index is 4.20. The zero-order chi connectivity index (χ0) is 8.65. The lowest BCUT2D eigenvalue weighted by atomic mass is 10.00. The van der Waals surface area contributed by atoms with Crippen LogP contribution in [0.1, 0.15) is 51.4 Å². The summed E-state index contributed by atoms with van der Waals surface area (Å²) in [6.45, 7) is 0. The van der Waals surface area contributed by atoms with Crippen LogP contribution in [-0.2, 0) is 0 Å². The van der Waals surface area contributed by atoms with Gasteiger partial charge in [0.2, 0.25) is 0 Å². The molecule has 0 nitrogen and oxygen atoms in total. The van der Waals surface area contributed by atoms with Gasteiger partial charge < -0.3 is 0 Å². The molecule has 1 rings (SSSR count). The molecular formula is C11H20S. The van der Waals surface area contributed by atoms with Crippen molar-refractivity contribution in [1.29, 1.82) is 0 Å². The molecule has 0 N–H and O–H groups in total. The van der Waals surface area contributed by atoms with Crippen LogP contribution < -0.4 is 0 Å². The highest BCUT2D eigenvalue weighted by Gasteiger charge is 2.14. The fraction of sp³-hybridized carbons (Fsp3) is 0.818. The summed E-state index contributed by atoms with van der Waals surface area (Å²) in [7, 11) is 0. The Kier molecular flexibility index (Phi) is 5.93. The quantitative estimate of drug-likeness (QED) is 0.471. The van der Waals surface area contributed by atoms with Gasteiger partial charge in [0.15, 0.2) is 0 Å². The van der Waals surface area contributed by atoms with Crippen molar-refractivity contribution in [1.82, 2.24) is 0 Å². The number of thiol groups is 1. The van der Waals surface area contributed by atoms with Gasteiger partial charge in [-0.2, -0.15) is 12.6 Å². The molecule has 0 aromatic rings. The van der Waals surface area contributed by atoms with E-state index < -0.39 is 0 Å². The van der Waals surface area contributed by atoms with Gasteiger partial charge in [-0.25, -0.2) is 0 Å². The van der Waals surface area contributed by atoms with E-state index in [0.717, 1.165) is 5.75 Å². The molecule has 0 saturated heterocycles. The minimum Gasteiger partial charge on any atom is -0.179 e. The first kappa shape index (κ1) is 10.4. The van der Waals surface area contributed by atoms with Crippen LogP contribution in [-0.4, -0.2) is 5.75 Å². The Morgan fingerprint density at radius 2 is 2.00 bits per heavy atom. The topological polar surface area (TPSA) is 0 Å². The summed E-state index contributed by atoms with van der Waals surface area (Å²) in [5, 5.41) is 0. The molecule has 0 heterocycles. The maximum absolute atomic E-state index is 4.20. The first-order valence-electron chi connectivity index (χ1n) is 5.22. The van der Waals surface area contributed by atoms with Crippen LogP contribution in [0.5, 0.6) is 0 Å². The smallest absolute Gasteiger partial charge is 0.00979 e. The van der Waals surface area contributed by atoms with E-state index in [1.807, 2.05) is 0 Å². The molecule has 1 saturated carbocycles. The van der Waals surface area contributed by atoms with Crippen molar-refractivity contribution in [2.24, 2.45) is 0 Å². The lowest BCUT2D eigenvalue weighted by molar-refractivity contribution is 0.639. The van der Waals surface area contributed by atoms with Gasteiger partial charge in [0.1, 0.15) is 0 Å². The van der Waals surface area contributed by atoms with Gasteiger partial charge in [-0.3, -0.25) is 0 Å². The molecule has 0 unspecified atom stereocenters. The molecule has 1 fully saturated rings. The molecule has 0 aromatic heterocycles. The highest BCUT2D eigenvalue weighted by molar-refractivity contribution is 7.80. The van der Waals surface area contributed by atoms with E-state index in [1.54, 1.807) is 5.92 Å². The van der Waals surface area contributed by atoms with E-state index in [4.69, 9.17) is 0 Å². The highest BCUT2D eigenvalue weighted by atomic mass is 32.1. The summed E-state index contributed by atoms with van der Waals surface area (Å²) in [5.41, 5.74) is 0. The van der Waals surface area contributed by atoms with Gasteiger partial charge in [-0.1, -0.05) is 25.7 Å². The van der Waals surface area contributed by atoms with E-state index in [0.29, 0.717) is 0 Å². The molecule has 0 aliphatic heterocycles. The van der Waals surface area contributed by atoms with Gasteiger partial charge in [-0.15, -0.1) is 0 Å². The molecule has 0 amide bonds. The second kappa shape index (κ2) is 6.82. The molecule has 70 valence electrons. The van der Waals surface area contributed by atoms with Crippen LogP contribution in [0.3, 0.4) is 0 Å². The van der Waals surface area contributed by atoms with Crippen molar-refractivity contribution in [3.8, 4) is 0 Å². The molecule has 0 atom stereocenters. The Balaban J connectivity index is 1.81. The molecule has 1 aliphatic carbocycles. The zero-order valence-electron chi connectivity index (χ0n) is 7.89. The standard InChI is InChI=1S/C11H20S/c12-10-6-2-1-3-7-11-8-4-5-9-11/h8,12H,1-7,9-10H2. The lowest BCUT2D eigenvalue weighted by Gasteiger charge is -2.06. The highest BCUT2D eigenvalue weighted by Crippen LogP contribution is 2.30. The van der Waals surface area contributed by atoms with Crippen LogP contribution in [0.2, 0.25) is 0 Å². The third kappa shape index (κ3) is 4.39. The Morgan fingerprint density at radius 1 is 1.17 bits per heavy atom. The summed E-state index contributed by atoms with van der Waals surface area (Å²) < 4.78 is 0. The van der Waals surface area contributed by atoms with Gasteiger partial charge in [-0.05, 0) is 43.8 Å². The largest absolute Gasteiger partial charge is 0.179 e. The molecule has 2 radical (unpaired) electrons. The van der Waals surface area contributed by atoms with E-state index in [1.165, 1.54) is 51.4 Å². The van der Waals surface area contributed by atoms with Gasteiger partial charge in [0.05, 0.1) is 0 Å². The number of hydrogen-bond donors (Lipinski definition) is 1. The second-order valence-corrected chi connectivity index (χ2v) is 4.09. The predicted octanol–water partition coefficient (Wildman–Crippen LogP) is 3.83. The third-order valence-corrected chi connectivity index (χ3v) is 2.86. The summed E-state index contributed by atoms with van der Waals surface area (Å²) in [6.07, 6.45) is 13.4. The van der Waals surface area contributed by atoms with Crippen LogP contribution in [0, 0.1) is 12.3 Å². The Bertz CT molecular complexity index is 95.2. The lowest BCUT2D eigenvalue weighted by Crippen LogP contribution is -1.90. The van der Waals surface area contributed by atoms with E-state index in [9.17, 15) is 0 Å². The Morgan fingerprint density at radius 3 is 2.67 bits per heavy atom. The Labute approximate surface area is 82.5 Å². The monoisotopic (exact) mass is 184 g/mol. The second-order valence-electron chi connectivity index (χ2n) is 3.64. The fourth-order valence-corrected chi connectivity index (χ4v) is 2.01. The summed E-state index contributed by atoms with van der Waals surface area (Å²) >= 11 is 4.20. The van der Waals surface area contributed by atoms with Gasteiger partial charge in [0.25, 0.3) is 0 Å². The molecular weight excluding hydrogens is 164 g/mol. The molecule has 1 heteroatoms. The number of unbranched alkanes of at least 4 members (excludes halogenated alkanes) is 3. The number of rotatable bonds is 6. The van der Waals surface area contributed by atoms with Crippen molar-refractivity contribution < 1.29 is 0 Å². The molecule has 12 heavy (non-hydrogen) atoms. The van der Waals surface area contributed by atoms with E-state index >= 15 is 0 Å². The molecule has 1 aliphatic rings. The molecule has 0 bridgehead atoms. The van der Waals surface area contributed by atoms with Crippen LogP contribution in [0.15, 0.2) is 0 Å². The molecule has 0 aromatic carbocycles. The van der Waals surface area contributed by atoms with Crippen LogP contribution in [0.4, 0.5) is 0 Å². The maximum Gasteiger partial charge on any atom is -0.00979 e. The zero-order valence-corrected chi connectivity index (χ0v) is 8.78. The van der Waals surface area contributed by atoms with Crippen LogP contribution in [0.25, 0.3) is 0 Å². The van der Waals surface area contributed by atoms with Crippen molar-refractivity contribution in [3.63, 3.8) is 0 Å². The van der Waals surface area contributed by atoms with Crippen molar-refractivity contribution in [2.75, 3.05) is 5.75 Å². The van der Waals surface area contributed by atoms with Gasteiger partial charge >= 0.3 is 0 Å². The first-order valence-corrected chi connectivity index (χ1v) is 5.85. The minimum absolute atomic E-state index is 1.06. The fourth-order valence-electron chi connectivity index (χ4n) is 1.78. The summed E-state index contributed by atoms with van der Waals surface area (Å²) in [6, 6.07) is 0. The summed E-state index contributed by atoms with van der Waals surface area (Å²) in [4.78, 5) is 0.